The fourth-order valence-electron chi connectivity index (χ4n) is 4.67. The average Bonchev–Trinajstić information content (AvgIpc) is 2.75. The lowest BCUT2D eigenvalue weighted by atomic mass is 9.95. The first-order valence-corrected chi connectivity index (χ1v) is 14.4. The lowest BCUT2D eigenvalue weighted by Crippen LogP contribution is -1.95. The molecule has 0 saturated carbocycles. The summed E-state index contributed by atoms with van der Waals surface area (Å²) in [5.74, 6) is 0.960. The molecule has 0 aromatic rings. The van der Waals surface area contributed by atoms with Crippen molar-refractivity contribution in [2.24, 2.45) is 5.92 Å². The highest BCUT2D eigenvalue weighted by Gasteiger charge is 2.02. The summed E-state index contributed by atoms with van der Waals surface area (Å²) in [4.78, 5) is 0. The maximum absolute atomic E-state index is 3.92. The van der Waals surface area contributed by atoms with Crippen molar-refractivity contribution in [1.29, 1.82) is 0 Å². The van der Waals surface area contributed by atoms with Crippen LogP contribution in [0.15, 0.2) is 0 Å². The Labute approximate surface area is 193 Å². The van der Waals surface area contributed by atoms with E-state index in [1.807, 2.05) is 0 Å². The molecule has 180 valence electrons. The molecule has 0 spiro atoms. The van der Waals surface area contributed by atoms with Gasteiger partial charge in [-0.25, -0.2) is 0 Å². The zero-order valence-electron chi connectivity index (χ0n) is 21.4. The highest BCUT2D eigenvalue weighted by Crippen LogP contribution is 2.19. The molecule has 1 atom stereocenters. The van der Waals surface area contributed by atoms with Crippen LogP contribution in [0.4, 0.5) is 0 Å². The van der Waals surface area contributed by atoms with Crippen LogP contribution < -0.4 is 0 Å². The second-order valence-corrected chi connectivity index (χ2v) is 10.2. The fraction of sp³-hybridized carbons (Fsp3) is 0.933. The molecule has 1 unspecified atom stereocenters. The highest BCUT2D eigenvalue weighted by molar-refractivity contribution is 4.56. The summed E-state index contributed by atoms with van der Waals surface area (Å²) in [6, 6.07) is 0. The Morgan fingerprint density at radius 3 is 0.767 bits per heavy atom. The molecule has 0 aliphatic rings. The molecule has 0 aliphatic heterocycles. The summed E-state index contributed by atoms with van der Waals surface area (Å²) >= 11 is 0. The maximum Gasteiger partial charge on any atom is -0.0443 e. The summed E-state index contributed by atoms with van der Waals surface area (Å²) in [5, 5.41) is 0. The highest BCUT2D eigenvalue weighted by atomic mass is 14.1. The molecule has 0 heteroatoms. The number of hydrogen-bond acceptors (Lipinski definition) is 0. The van der Waals surface area contributed by atoms with E-state index >= 15 is 0 Å². The van der Waals surface area contributed by atoms with Crippen molar-refractivity contribution in [3.8, 4) is 0 Å². The predicted octanol–water partition coefficient (Wildman–Crippen LogP) is 11.4. The molecule has 0 aromatic carbocycles. The first-order valence-electron chi connectivity index (χ1n) is 14.4. The Morgan fingerprint density at radius 1 is 0.333 bits per heavy atom. The van der Waals surface area contributed by atoms with E-state index in [0.717, 1.165) is 18.8 Å². The van der Waals surface area contributed by atoms with Gasteiger partial charge in [-0.05, 0) is 5.92 Å². The van der Waals surface area contributed by atoms with Gasteiger partial charge in [-0.3, -0.25) is 0 Å². The average molecular weight is 421 g/mol. The molecule has 0 amide bonds. The van der Waals surface area contributed by atoms with E-state index in [2.05, 4.69) is 20.8 Å². The van der Waals surface area contributed by atoms with Crippen molar-refractivity contribution >= 4 is 0 Å². The van der Waals surface area contributed by atoms with Crippen LogP contribution in [0, 0.1) is 19.8 Å². The number of rotatable bonds is 26. The minimum Gasteiger partial charge on any atom is -0.0625 e. The molecule has 0 aliphatic carbocycles. The summed E-state index contributed by atoms with van der Waals surface area (Å²) in [5.41, 5.74) is 0. The minimum absolute atomic E-state index is 0.960. The molecule has 0 nitrogen and oxygen atoms in total. The first kappa shape index (κ1) is 30.0. The topological polar surface area (TPSA) is 0 Å². The molecular weight excluding hydrogens is 360 g/mol. The Morgan fingerprint density at radius 2 is 0.533 bits per heavy atom. The van der Waals surface area contributed by atoms with E-state index in [-0.39, 0.29) is 0 Å². The van der Waals surface area contributed by atoms with Gasteiger partial charge in [-0.1, -0.05) is 188 Å². The molecule has 0 bridgehead atoms. The van der Waals surface area contributed by atoms with Gasteiger partial charge >= 0.3 is 0 Å². The third kappa shape index (κ3) is 26.0. The van der Waals surface area contributed by atoms with Gasteiger partial charge in [-0.15, -0.1) is 0 Å². The Kier molecular flexibility index (Phi) is 27.0. The van der Waals surface area contributed by atoms with Crippen molar-refractivity contribution in [2.75, 3.05) is 0 Å². The molecule has 0 rings (SSSR count). The summed E-state index contributed by atoms with van der Waals surface area (Å²) < 4.78 is 0. The van der Waals surface area contributed by atoms with Gasteiger partial charge in [-0.2, -0.15) is 0 Å². The van der Waals surface area contributed by atoms with Crippen LogP contribution in [0.5, 0.6) is 0 Å². The molecule has 30 heavy (non-hydrogen) atoms. The minimum atomic E-state index is 0.960. The van der Waals surface area contributed by atoms with Gasteiger partial charge in [0, 0.05) is 0 Å². The zero-order valence-corrected chi connectivity index (χ0v) is 21.4. The molecule has 0 saturated heterocycles. The summed E-state index contributed by atoms with van der Waals surface area (Å²) in [7, 11) is 0. The van der Waals surface area contributed by atoms with Crippen molar-refractivity contribution in [3.05, 3.63) is 13.8 Å². The molecule has 2 radical (unpaired) electrons. The maximum atomic E-state index is 3.92. The van der Waals surface area contributed by atoms with E-state index in [1.54, 1.807) is 0 Å². The van der Waals surface area contributed by atoms with Gasteiger partial charge in [0.1, 0.15) is 0 Å². The van der Waals surface area contributed by atoms with Gasteiger partial charge in [0.15, 0.2) is 0 Å². The van der Waals surface area contributed by atoms with Gasteiger partial charge in [0.05, 0.1) is 0 Å². The predicted molar refractivity (Wildman–Crippen MR) is 140 cm³/mol. The lowest BCUT2D eigenvalue weighted by Gasteiger charge is -2.11. The second-order valence-electron chi connectivity index (χ2n) is 10.2. The van der Waals surface area contributed by atoms with Crippen LogP contribution in [0.2, 0.25) is 0 Å². The van der Waals surface area contributed by atoms with E-state index in [1.165, 1.54) is 154 Å². The first-order chi connectivity index (χ1) is 14.8. The van der Waals surface area contributed by atoms with E-state index in [0.29, 0.717) is 0 Å². The molecule has 0 N–H and O–H groups in total. The van der Waals surface area contributed by atoms with Crippen molar-refractivity contribution < 1.29 is 0 Å². The van der Waals surface area contributed by atoms with Crippen molar-refractivity contribution in [1.82, 2.24) is 0 Å². The quantitative estimate of drug-likeness (QED) is 0.122. The molecule has 0 aromatic heterocycles. The van der Waals surface area contributed by atoms with E-state index in [9.17, 15) is 0 Å². The van der Waals surface area contributed by atoms with Crippen LogP contribution in [0.1, 0.15) is 174 Å². The smallest absolute Gasteiger partial charge is 0.0443 e. The number of hydrogen-bond donors (Lipinski definition) is 0. The van der Waals surface area contributed by atoms with Gasteiger partial charge in [0.25, 0.3) is 0 Å². The Balaban J connectivity index is 3.12. The second kappa shape index (κ2) is 27.0. The SMILES string of the molecule is [CH2]CCCCCCCCCCCCCCC(C)CCCCCCCCCCCC[CH2]. The number of unbranched alkanes of at least 4 members (excludes halogenated alkanes) is 22. The van der Waals surface area contributed by atoms with E-state index in [4.69, 9.17) is 0 Å². The van der Waals surface area contributed by atoms with Gasteiger partial charge < -0.3 is 0 Å². The summed E-state index contributed by atoms with van der Waals surface area (Å²) in [6.45, 7) is 10.3. The molecular formula is C30H60. The zero-order chi connectivity index (χ0) is 22.0. The molecule has 0 fully saturated rings. The van der Waals surface area contributed by atoms with Crippen LogP contribution in [0.25, 0.3) is 0 Å². The van der Waals surface area contributed by atoms with Crippen LogP contribution in [-0.4, -0.2) is 0 Å². The standard InChI is InChI=1S/C30H60/c1-4-6-8-10-12-14-16-17-19-21-23-25-27-29-30(3)28-26-24-22-20-18-15-13-11-9-7-5-2/h30H,1-2,4-29H2,3H3. The lowest BCUT2D eigenvalue weighted by molar-refractivity contribution is 0.429. The van der Waals surface area contributed by atoms with Crippen LogP contribution >= 0.6 is 0 Å². The summed E-state index contributed by atoms with van der Waals surface area (Å²) in [6.07, 6.45) is 37.0. The fourth-order valence-corrected chi connectivity index (χ4v) is 4.67. The van der Waals surface area contributed by atoms with E-state index < -0.39 is 0 Å². The third-order valence-electron chi connectivity index (χ3n) is 6.89. The van der Waals surface area contributed by atoms with Crippen LogP contribution in [-0.2, 0) is 0 Å². The Hall–Kier alpha value is 0. The molecule has 0 heterocycles. The monoisotopic (exact) mass is 420 g/mol. The Bertz CT molecular complexity index is 282. The third-order valence-corrected chi connectivity index (χ3v) is 6.89. The largest absolute Gasteiger partial charge is 0.0625 e. The van der Waals surface area contributed by atoms with Crippen molar-refractivity contribution in [2.45, 2.75) is 174 Å². The van der Waals surface area contributed by atoms with Crippen molar-refractivity contribution in [3.63, 3.8) is 0 Å². The normalized spacial score (nSPS) is 12.5. The van der Waals surface area contributed by atoms with Gasteiger partial charge in [0.2, 0.25) is 0 Å². The van der Waals surface area contributed by atoms with Crippen LogP contribution in [0.3, 0.4) is 0 Å².